The molecule has 0 spiro atoms. The number of esters is 1. The van der Waals surface area contributed by atoms with Crippen LogP contribution >= 0.6 is 11.3 Å². The van der Waals surface area contributed by atoms with E-state index in [0.29, 0.717) is 23.0 Å². The van der Waals surface area contributed by atoms with E-state index in [0.717, 1.165) is 24.1 Å². The topological polar surface area (TPSA) is 68.3 Å². The van der Waals surface area contributed by atoms with E-state index in [1.807, 2.05) is 36.6 Å². The van der Waals surface area contributed by atoms with Gasteiger partial charge in [0.1, 0.15) is 11.6 Å². The Labute approximate surface area is 157 Å². The van der Waals surface area contributed by atoms with Gasteiger partial charge in [-0.2, -0.15) is 0 Å². The van der Waals surface area contributed by atoms with Crippen molar-refractivity contribution >= 4 is 28.9 Å². The molecule has 0 saturated heterocycles. The molecule has 1 aliphatic rings. The van der Waals surface area contributed by atoms with Gasteiger partial charge in [-0.25, -0.2) is 4.98 Å². The van der Waals surface area contributed by atoms with E-state index < -0.39 is 0 Å². The summed E-state index contributed by atoms with van der Waals surface area (Å²) >= 11 is 1.40. The number of allylic oxidation sites excluding steroid dienone is 2. The number of anilines is 1. The maximum Gasteiger partial charge on any atom is 0.306 e. The molecular formula is C20H22N2O3S. The second-order valence-electron chi connectivity index (χ2n) is 6.40. The van der Waals surface area contributed by atoms with E-state index in [9.17, 15) is 9.59 Å². The van der Waals surface area contributed by atoms with Crippen molar-refractivity contribution in [2.75, 3.05) is 5.32 Å². The van der Waals surface area contributed by atoms with E-state index in [-0.39, 0.29) is 24.9 Å². The molecule has 1 atom stereocenters. The number of rotatable bonds is 7. The summed E-state index contributed by atoms with van der Waals surface area (Å²) < 4.78 is 5.29. The summed E-state index contributed by atoms with van der Waals surface area (Å²) in [5.74, 6) is -0.00255. The lowest BCUT2D eigenvalue weighted by atomic mass is 10.1. The first-order valence-corrected chi connectivity index (χ1v) is 9.59. The molecule has 3 rings (SSSR count). The van der Waals surface area contributed by atoms with Gasteiger partial charge in [0.05, 0.1) is 18.5 Å². The van der Waals surface area contributed by atoms with Crippen molar-refractivity contribution in [3.8, 4) is 0 Å². The molecule has 1 amide bonds. The number of nitrogens with zero attached hydrogens (tertiary/aromatic N) is 1. The maximum atomic E-state index is 12.2. The summed E-state index contributed by atoms with van der Waals surface area (Å²) in [6.07, 6.45) is 6.87. The normalized spacial score (nSPS) is 15.8. The van der Waals surface area contributed by atoms with Gasteiger partial charge in [0, 0.05) is 11.1 Å². The lowest BCUT2D eigenvalue weighted by molar-refractivity contribution is -0.145. The molecule has 1 aliphatic carbocycles. The van der Waals surface area contributed by atoms with E-state index >= 15 is 0 Å². The maximum absolute atomic E-state index is 12.2. The molecule has 1 aromatic heterocycles. The summed E-state index contributed by atoms with van der Waals surface area (Å²) in [6, 6.07) is 7.65. The average Bonchev–Trinajstić information content (AvgIpc) is 3.27. The van der Waals surface area contributed by atoms with Gasteiger partial charge in [0.2, 0.25) is 5.91 Å². The molecule has 26 heavy (non-hydrogen) atoms. The highest BCUT2D eigenvalue weighted by atomic mass is 32.1. The highest BCUT2D eigenvalue weighted by molar-refractivity contribution is 7.09. The Hall–Kier alpha value is -2.47. The van der Waals surface area contributed by atoms with Gasteiger partial charge in [0.25, 0.3) is 0 Å². The van der Waals surface area contributed by atoms with Crippen molar-refractivity contribution in [3.05, 3.63) is 58.1 Å². The SMILES string of the molecule is Cc1ccccc1NC(=O)Cc1nc(COC(=O)CC2C=CCC2)cs1. The second-order valence-corrected chi connectivity index (χ2v) is 7.35. The summed E-state index contributed by atoms with van der Waals surface area (Å²) in [5, 5.41) is 5.44. The Morgan fingerprint density at radius 2 is 2.19 bits per heavy atom. The molecule has 1 aromatic carbocycles. The molecular weight excluding hydrogens is 348 g/mol. The number of hydrogen-bond donors (Lipinski definition) is 1. The minimum absolute atomic E-state index is 0.106. The average molecular weight is 370 g/mol. The number of hydrogen-bond acceptors (Lipinski definition) is 5. The van der Waals surface area contributed by atoms with Gasteiger partial charge >= 0.3 is 5.97 Å². The molecule has 1 N–H and O–H groups in total. The molecule has 0 bridgehead atoms. The number of thiazole rings is 1. The lowest BCUT2D eigenvalue weighted by Crippen LogP contribution is -2.15. The molecule has 0 aliphatic heterocycles. The van der Waals surface area contributed by atoms with Crippen LogP contribution in [0.4, 0.5) is 5.69 Å². The van der Waals surface area contributed by atoms with Crippen LogP contribution in [0.25, 0.3) is 0 Å². The summed E-state index contributed by atoms with van der Waals surface area (Å²) in [6.45, 7) is 2.11. The van der Waals surface area contributed by atoms with Crippen LogP contribution in [0.1, 0.15) is 35.5 Å². The zero-order chi connectivity index (χ0) is 18.4. The monoisotopic (exact) mass is 370 g/mol. The number of amides is 1. The molecule has 1 heterocycles. The van der Waals surface area contributed by atoms with Crippen LogP contribution in [-0.4, -0.2) is 16.9 Å². The standard InChI is InChI=1S/C20H22N2O3S/c1-14-6-2-5-9-17(14)22-18(23)11-19-21-16(13-26-19)12-25-20(24)10-15-7-3-4-8-15/h2-3,5-7,9,13,15H,4,8,10-12H2,1H3,(H,22,23). The van der Waals surface area contributed by atoms with Gasteiger partial charge in [-0.3, -0.25) is 9.59 Å². The van der Waals surface area contributed by atoms with E-state index in [1.165, 1.54) is 11.3 Å². The van der Waals surface area contributed by atoms with Crippen LogP contribution in [0.2, 0.25) is 0 Å². The Morgan fingerprint density at radius 3 is 2.96 bits per heavy atom. The first-order chi connectivity index (χ1) is 12.6. The Morgan fingerprint density at radius 1 is 1.35 bits per heavy atom. The van der Waals surface area contributed by atoms with Gasteiger partial charge in [-0.05, 0) is 37.3 Å². The number of benzene rings is 1. The van der Waals surface area contributed by atoms with Crippen molar-refractivity contribution in [1.29, 1.82) is 0 Å². The number of carbonyl (C=O) groups excluding carboxylic acids is 2. The predicted octanol–water partition coefficient (Wildman–Crippen LogP) is 4.03. The molecule has 136 valence electrons. The molecule has 2 aromatic rings. The lowest BCUT2D eigenvalue weighted by Gasteiger charge is -2.07. The highest BCUT2D eigenvalue weighted by Gasteiger charge is 2.16. The number of nitrogens with one attached hydrogen (secondary N) is 1. The van der Waals surface area contributed by atoms with Crippen LogP contribution < -0.4 is 5.32 Å². The first kappa shape index (κ1) is 18.3. The minimum Gasteiger partial charge on any atom is -0.459 e. The third-order valence-corrected chi connectivity index (χ3v) is 5.15. The van der Waals surface area contributed by atoms with Crippen molar-refractivity contribution in [2.45, 2.75) is 39.2 Å². The summed E-state index contributed by atoms with van der Waals surface area (Å²) in [7, 11) is 0. The highest BCUT2D eigenvalue weighted by Crippen LogP contribution is 2.21. The molecule has 6 heteroatoms. The first-order valence-electron chi connectivity index (χ1n) is 8.71. The Kier molecular flexibility index (Phi) is 6.17. The van der Waals surface area contributed by atoms with Gasteiger partial charge in [-0.1, -0.05) is 30.4 Å². The molecule has 0 radical (unpaired) electrons. The van der Waals surface area contributed by atoms with Crippen LogP contribution in [0.15, 0.2) is 41.8 Å². The summed E-state index contributed by atoms with van der Waals surface area (Å²) in [5.41, 5.74) is 2.51. The second kappa shape index (κ2) is 8.76. The van der Waals surface area contributed by atoms with Crippen LogP contribution in [0, 0.1) is 12.8 Å². The van der Waals surface area contributed by atoms with Crippen molar-refractivity contribution < 1.29 is 14.3 Å². The van der Waals surface area contributed by atoms with Crippen molar-refractivity contribution in [2.24, 2.45) is 5.92 Å². The Balaban J connectivity index is 1.45. The number of ether oxygens (including phenoxy) is 1. The fourth-order valence-electron chi connectivity index (χ4n) is 2.83. The largest absolute Gasteiger partial charge is 0.459 e. The number of para-hydroxylation sites is 1. The van der Waals surface area contributed by atoms with Crippen LogP contribution in [0.3, 0.4) is 0 Å². The molecule has 1 unspecified atom stereocenters. The van der Waals surface area contributed by atoms with Crippen LogP contribution in [0.5, 0.6) is 0 Å². The van der Waals surface area contributed by atoms with E-state index in [4.69, 9.17) is 4.74 Å². The third-order valence-electron chi connectivity index (χ3n) is 4.25. The third kappa shape index (κ3) is 5.26. The van der Waals surface area contributed by atoms with Gasteiger partial charge in [0.15, 0.2) is 0 Å². The fourth-order valence-corrected chi connectivity index (χ4v) is 3.61. The van der Waals surface area contributed by atoms with Gasteiger partial charge in [-0.15, -0.1) is 11.3 Å². The minimum atomic E-state index is -0.201. The molecule has 0 fully saturated rings. The van der Waals surface area contributed by atoms with Crippen molar-refractivity contribution in [3.63, 3.8) is 0 Å². The van der Waals surface area contributed by atoms with E-state index in [2.05, 4.69) is 22.5 Å². The number of carbonyl (C=O) groups is 2. The fraction of sp³-hybridized carbons (Fsp3) is 0.350. The zero-order valence-corrected chi connectivity index (χ0v) is 15.6. The molecule has 0 saturated carbocycles. The quantitative estimate of drug-likeness (QED) is 0.590. The van der Waals surface area contributed by atoms with Gasteiger partial charge < -0.3 is 10.1 Å². The number of aryl methyl sites for hydroxylation is 1. The van der Waals surface area contributed by atoms with Crippen LogP contribution in [-0.2, 0) is 27.4 Å². The number of aromatic nitrogens is 1. The predicted molar refractivity (Wildman–Crippen MR) is 102 cm³/mol. The summed E-state index contributed by atoms with van der Waals surface area (Å²) in [4.78, 5) is 28.4. The van der Waals surface area contributed by atoms with Crippen molar-refractivity contribution in [1.82, 2.24) is 4.98 Å². The Bertz CT molecular complexity index is 813. The smallest absolute Gasteiger partial charge is 0.306 e. The van der Waals surface area contributed by atoms with E-state index in [1.54, 1.807) is 0 Å². The molecule has 5 nitrogen and oxygen atoms in total. The zero-order valence-electron chi connectivity index (χ0n) is 14.7.